The quantitative estimate of drug-likeness (QED) is 0.400. The van der Waals surface area contributed by atoms with Crippen LogP contribution in [0.5, 0.6) is 5.75 Å². The van der Waals surface area contributed by atoms with Crippen molar-refractivity contribution in [3.8, 4) is 17.1 Å². The van der Waals surface area contributed by atoms with E-state index in [1.807, 2.05) is 0 Å². The molecule has 0 saturated heterocycles. The third-order valence-electron chi connectivity index (χ3n) is 5.29. The van der Waals surface area contributed by atoms with E-state index in [1.54, 1.807) is 0 Å². The number of hydrogen-bond donors (Lipinski definition) is 2. The summed E-state index contributed by atoms with van der Waals surface area (Å²) < 4.78 is 59.0. The molecule has 174 valence electrons. The predicted octanol–water partition coefficient (Wildman–Crippen LogP) is 4.53. The fourth-order valence-corrected chi connectivity index (χ4v) is 3.42. The molecule has 1 aliphatic carbocycles. The summed E-state index contributed by atoms with van der Waals surface area (Å²) in [5.74, 6) is -1.79. The number of H-pyrrole nitrogens is 1. The van der Waals surface area contributed by atoms with Gasteiger partial charge >= 0.3 is 6.18 Å². The molecule has 1 atom stereocenters. The Bertz CT molecular complexity index is 1350. The Balaban J connectivity index is 1.31. The van der Waals surface area contributed by atoms with Crippen LogP contribution in [0.3, 0.4) is 0 Å². The molecule has 2 heterocycles. The van der Waals surface area contributed by atoms with Crippen LogP contribution in [-0.2, 0) is 0 Å². The van der Waals surface area contributed by atoms with Crippen LogP contribution < -0.4 is 10.1 Å². The van der Waals surface area contributed by atoms with Gasteiger partial charge in [-0.2, -0.15) is 23.5 Å². The Morgan fingerprint density at radius 3 is 2.59 bits per heavy atom. The molecule has 1 fully saturated rings. The fourth-order valence-electron chi connectivity index (χ4n) is 3.42. The fraction of sp³-hybridized carbons (Fsp3) is 0.227. The number of nitrogens with zero attached hydrogens (tertiary/aromatic N) is 4. The highest BCUT2D eigenvalue weighted by atomic mass is 19.4. The second-order valence-electron chi connectivity index (χ2n) is 7.82. The smallest absolute Gasteiger partial charge is 0.425 e. The van der Waals surface area contributed by atoms with Crippen molar-refractivity contribution in [1.82, 2.24) is 25.4 Å². The Morgan fingerprint density at radius 1 is 1.12 bits per heavy atom. The van der Waals surface area contributed by atoms with Gasteiger partial charge in [0.1, 0.15) is 17.1 Å². The molecule has 0 unspecified atom stereocenters. The summed E-state index contributed by atoms with van der Waals surface area (Å²) in [6.45, 7) is 0. The second-order valence-corrected chi connectivity index (χ2v) is 7.82. The minimum absolute atomic E-state index is 0.0285. The topological polar surface area (TPSA) is 106 Å². The van der Waals surface area contributed by atoms with Gasteiger partial charge in [0.15, 0.2) is 11.9 Å². The van der Waals surface area contributed by atoms with Gasteiger partial charge in [-0.1, -0.05) is 0 Å². The Hall–Kier alpha value is -4.09. The number of aromatic nitrogens is 5. The monoisotopic (exact) mass is 472 g/mol. The number of aromatic amines is 1. The highest BCUT2D eigenvalue weighted by molar-refractivity contribution is 6.05. The van der Waals surface area contributed by atoms with Crippen LogP contribution >= 0.6 is 0 Å². The van der Waals surface area contributed by atoms with Crippen molar-refractivity contribution in [2.75, 3.05) is 5.32 Å². The number of halogens is 4. The van der Waals surface area contributed by atoms with E-state index >= 15 is 0 Å². The lowest BCUT2D eigenvalue weighted by molar-refractivity contribution is -0.201. The Morgan fingerprint density at radius 2 is 1.88 bits per heavy atom. The Labute approximate surface area is 189 Å². The number of fused-ring (bicyclic) bond motifs is 1. The highest BCUT2D eigenvalue weighted by Gasteiger charge is 2.51. The van der Waals surface area contributed by atoms with E-state index in [9.17, 15) is 22.4 Å². The SMILES string of the molecule is O=C(Nc1ccc(O[C@@H](C2CC2)C(F)(F)F)cc1)c1cc(-c2ncc3n[nH]nc3n2)ccc1F. The first-order chi connectivity index (χ1) is 16.3. The van der Waals surface area contributed by atoms with Crippen molar-refractivity contribution in [2.45, 2.75) is 25.1 Å². The van der Waals surface area contributed by atoms with Crippen LogP contribution in [0.15, 0.2) is 48.7 Å². The molecule has 0 radical (unpaired) electrons. The van der Waals surface area contributed by atoms with E-state index in [1.165, 1.54) is 42.6 Å². The average molecular weight is 472 g/mol. The van der Waals surface area contributed by atoms with Crippen molar-refractivity contribution in [2.24, 2.45) is 5.92 Å². The lowest BCUT2D eigenvalue weighted by Gasteiger charge is -2.21. The van der Waals surface area contributed by atoms with E-state index in [2.05, 4.69) is 30.7 Å². The largest absolute Gasteiger partial charge is 0.481 e. The minimum atomic E-state index is -4.46. The molecule has 0 aliphatic heterocycles. The van der Waals surface area contributed by atoms with Crippen molar-refractivity contribution in [1.29, 1.82) is 0 Å². The first-order valence-corrected chi connectivity index (χ1v) is 10.3. The van der Waals surface area contributed by atoms with Crippen molar-refractivity contribution >= 4 is 22.8 Å². The van der Waals surface area contributed by atoms with Gasteiger partial charge in [0.25, 0.3) is 5.91 Å². The molecule has 2 N–H and O–H groups in total. The van der Waals surface area contributed by atoms with Crippen molar-refractivity contribution in [3.05, 3.63) is 60.0 Å². The van der Waals surface area contributed by atoms with Gasteiger partial charge < -0.3 is 10.1 Å². The van der Waals surface area contributed by atoms with Gasteiger partial charge in [-0.05, 0) is 55.3 Å². The van der Waals surface area contributed by atoms with E-state index in [0.29, 0.717) is 29.6 Å². The number of hydrogen-bond acceptors (Lipinski definition) is 6. The molecule has 8 nitrogen and oxygen atoms in total. The van der Waals surface area contributed by atoms with Crippen LogP contribution in [0.2, 0.25) is 0 Å². The molecule has 2 aromatic heterocycles. The van der Waals surface area contributed by atoms with Crippen LogP contribution in [0.25, 0.3) is 22.6 Å². The van der Waals surface area contributed by atoms with E-state index in [-0.39, 0.29) is 22.8 Å². The van der Waals surface area contributed by atoms with Crippen LogP contribution in [-0.4, -0.2) is 43.6 Å². The summed E-state index contributed by atoms with van der Waals surface area (Å²) >= 11 is 0. The summed E-state index contributed by atoms with van der Waals surface area (Å²) in [4.78, 5) is 21.1. The first kappa shape index (κ1) is 21.7. The molecule has 12 heteroatoms. The number of anilines is 1. The summed E-state index contributed by atoms with van der Waals surface area (Å²) in [6.07, 6.45) is -3.93. The molecule has 2 aromatic carbocycles. The molecule has 1 amide bonds. The summed E-state index contributed by atoms with van der Waals surface area (Å²) in [5, 5.41) is 12.7. The van der Waals surface area contributed by atoms with Gasteiger partial charge in [0.05, 0.1) is 11.8 Å². The van der Waals surface area contributed by atoms with Crippen LogP contribution in [0, 0.1) is 11.7 Å². The number of nitrogens with one attached hydrogen (secondary N) is 2. The minimum Gasteiger partial charge on any atom is -0.481 e. The number of alkyl halides is 3. The number of ether oxygens (including phenoxy) is 1. The number of carbonyl (C=O) groups is 1. The van der Waals surface area contributed by atoms with Crippen LogP contribution in [0.1, 0.15) is 23.2 Å². The highest BCUT2D eigenvalue weighted by Crippen LogP contribution is 2.42. The molecule has 5 rings (SSSR count). The lowest BCUT2D eigenvalue weighted by atomic mass is 10.1. The maximum absolute atomic E-state index is 14.4. The standard InChI is InChI=1S/C22H16F4N6O2/c23-16-8-3-12(19-27-10-17-20(29-19)31-32-30-17)9-15(16)21(33)28-13-4-6-14(7-5-13)34-18(11-1-2-11)22(24,25)26/h3-11,18H,1-2H2,(H,28,33)(H,27,29,30,31,32)/t18-/m0/s1. The van der Waals surface area contributed by atoms with Gasteiger partial charge in [0.2, 0.25) is 5.65 Å². The van der Waals surface area contributed by atoms with Gasteiger partial charge in [0, 0.05) is 17.2 Å². The van der Waals surface area contributed by atoms with Gasteiger partial charge in [-0.25, -0.2) is 14.4 Å². The summed E-state index contributed by atoms with van der Waals surface area (Å²) in [5.41, 5.74) is 1.16. The second kappa shape index (κ2) is 8.36. The zero-order chi connectivity index (χ0) is 23.9. The van der Waals surface area contributed by atoms with E-state index in [4.69, 9.17) is 4.74 Å². The van der Waals surface area contributed by atoms with Crippen molar-refractivity contribution in [3.63, 3.8) is 0 Å². The third kappa shape index (κ3) is 4.51. The third-order valence-corrected chi connectivity index (χ3v) is 5.29. The van der Waals surface area contributed by atoms with E-state index in [0.717, 1.165) is 6.07 Å². The molecule has 0 bridgehead atoms. The molecular weight excluding hydrogens is 456 g/mol. The number of carbonyl (C=O) groups excluding carboxylic acids is 1. The Kier molecular flexibility index (Phi) is 5.34. The molecular formula is C22H16F4N6O2. The summed E-state index contributed by atoms with van der Waals surface area (Å²) in [7, 11) is 0. The summed E-state index contributed by atoms with van der Waals surface area (Å²) in [6, 6.07) is 9.26. The maximum Gasteiger partial charge on any atom is 0.425 e. The molecule has 0 spiro atoms. The number of benzene rings is 2. The van der Waals surface area contributed by atoms with Crippen LogP contribution in [0.4, 0.5) is 23.2 Å². The number of amides is 1. The molecule has 1 saturated carbocycles. The predicted molar refractivity (Wildman–Crippen MR) is 112 cm³/mol. The maximum atomic E-state index is 14.4. The lowest BCUT2D eigenvalue weighted by Crippen LogP contribution is -2.36. The van der Waals surface area contributed by atoms with Gasteiger partial charge in [-0.15, -0.1) is 5.10 Å². The normalized spacial score (nSPS) is 14.7. The van der Waals surface area contributed by atoms with E-state index < -0.39 is 29.9 Å². The zero-order valence-corrected chi connectivity index (χ0v) is 17.3. The van der Waals surface area contributed by atoms with Gasteiger partial charge in [-0.3, -0.25) is 4.79 Å². The number of rotatable bonds is 6. The molecule has 1 aliphatic rings. The first-order valence-electron chi connectivity index (χ1n) is 10.3. The average Bonchev–Trinajstić information content (AvgIpc) is 3.53. The zero-order valence-electron chi connectivity index (χ0n) is 17.3. The molecule has 34 heavy (non-hydrogen) atoms. The van der Waals surface area contributed by atoms with Crippen molar-refractivity contribution < 1.29 is 27.1 Å². The molecule has 4 aromatic rings.